The highest BCUT2D eigenvalue weighted by atomic mass is 32.2. The maximum Gasteiger partial charge on any atom is 0.344 e. The van der Waals surface area contributed by atoms with Crippen LogP contribution in [-0.2, 0) is 19.7 Å². The monoisotopic (exact) mass is 287 g/mol. The zero-order valence-electron chi connectivity index (χ0n) is 11.0. The molecular formula is C11H17N3O4S. The molecule has 7 nitrogen and oxygen atoms in total. The zero-order valence-corrected chi connectivity index (χ0v) is 11.8. The minimum Gasteiger partial charge on any atom is -0.378 e. The first-order valence-corrected chi connectivity index (χ1v) is 7.53. The van der Waals surface area contributed by atoms with Crippen LogP contribution in [0.15, 0.2) is 16.2 Å². The summed E-state index contributed by atoms with van der Waals surface area (Å²) in [6.07, 6.45) is 1.37. The first-order valence-electron chi connectivity index (χ1n) is 6.13. The highest BCUT2D eigenvalue weighted by Crippen LogP contribution is 2.18. The molecule has 2 aliphatic rings. The van der Waals surface area contributed by atoms with Crippen molar-refractivity contribution in [2.75, 3.05) is 32.8 Å². The number of morpholine rings is 1. The molecule has 1 fully saturated rings. The summed E-state index contributed by atoms with van der Waals surface area (Å²) >= 11 is 0. The van der Waals surface area contributed by atoms with Crippen molar-refractivity contribution in [3.05, 3.63) is 11.8 Å². The standard InChI is InChI=1S/C11H17N3O4S/c1-3-14-8-10(9(2)12-19(14,16)17)11(15)13-4-6-18-7-5-13/h8H,3-7H2,1-2H3. The van der Waals surface area contributed by atoms with Crippen LogP contribution in [0.25, 0.3) is 0 Å². The molecule has 2 aliphatic heterocycles. The molecule has 0 atom stereocenters. The van der Waals surface area contributed by atoms with Crippen LogP contribution in [0.3, 0.4) is 0 Å². The number of carbonyl (C=O) groups excluding carboxylic acids is 1. The number of carbonyl (C=O) groups is 1. The Bertz CT molecular complexity index is 532. The van der Waals surface area contributed by atoms with Crippen LogP contribution in [0.4, 0.5) is 0 Å². The summed E-state index contributed by atoms with van der Waals surface area (Å²) < 4.78 is 33.3. The normalized spacial score (nSPS) is 22.8. The van der Waals surface area contributed by atoms with Gasteiger partial charge < -0.3 is 9.64 Å². The second-order valence-corrected chi connectivity index (χ2v) is 5.85. The van der Waals surface area contributed by atoms with Crippen molar-refractivity contribution in [2.24, 2.45) is 4.40 Å². The lowest BCUT2D eigenvalue weighted by atomic mass is 10.1. The van der Waals surface area contributed by atoms with E-state index in [0.29, 0.717) is 31.9 Å². The quantitative estimate of drug-likeness (QED) is 0.703. The van der Waals surface area contributed by atoms with Gasteiger partial charge in [-0.05, 0) is 13.8 Å². The second kappa shape index (κ2) is 5.30. The fourth-order valence-corrected chi connectivity index (χ4v) is 3.09. The Morgan fingerprint density at radius 1 is 1.42 bits per heavy atom. The van der Waals surface area contributed by atoms with E-state index < -0.39 is 10.2 Å². The predicted molar refractivity (Wildman–Crippen MR) is 69.9 cm³/mol. The molecule has 0 aromatic rings. The lowest BCUT2D eigenvalue weighted by molar-refractivity contribution is -0.130. The van der Waals surface area contributed by atoms with Crippen molar-refractivity contribution in [3.8, 4) is 0 Å². The van der Waals surface area contributed by atoms with Gasteiger partial charge in [0.1, 0.15) is 0 Å². The van der Waals surface area contributed by atoms with Gasteiger partial charge >= 0.3 is 10.2 Å². The Kier molecular flexibility index (Phi) is 3.91. The molecule has 2 rings (SSSR count). The minimum absolute atomic E-state index is 0.196. The number of hydrogen-bond donors (Lipinski definition) is 0. The molecule has 1 amide bonds. The van der Waals surface area contributed by atoms with E-state index in [0.717, 1.165) is 4.31 Å². The summed E-state index contributed by atoms with van der Waals surface area (Å²) in [5.41, 5.74) is 0.569. The zero-order chi connectivity index (χ0) is 14.0. The molecule has 106 valence electrons. The fourth-order valence-electron chi connectivity index (χ4n) is 1.98. The summed E-state index contributed by atoms with van der Waals surface area (Å²) in [6.45, 7) is 5.52. The van der Waals surface area contributed by atoms with E-state index in [-0.39, 0.29) is 18.2 Å². The van der Waals surface area contributed by atoms with Gasteiger partial charge in [-0.1, -0.05) is 0 Å². The van der Waals surface area contributed by atoms with Crippen molar-refractivity contribution in [3.63, 3.8) is 0 Å². The number of amides is 1. The number of nitrogens with zero attached hydrogens (tertiary/aromatic N) is 3. The van der Waals surface area contributed by atoms with E-state index in [2.05, 4.69) is 4.40 Å². The molecule has 0 N–H and O–H groups in total. The van der Waals surface area contributed by atoms with Crippen molar-refractivity contribution in [1.29, 1.82) is 0 Å². The van der Waals surface area contributed by atoms with Gasteiger partial charge in [-0.15, -0.1) is 4.40 Å². The van der Waals surface area contributed by atoms with Crippen LogP contribution >= 0.6 is 0 Å². The smallest absolute Gasteiger partial charge is 0.344 e. The summed E-state index contributed by atoms with van der Waals surface area (Å²) in [4.78, 5) is 14.0. The third kappa shape index (κ3) is 2.79. The van der Waals surface area contributed by atoms with Crippen molar-refractivity contribution in [1.82, 2.24) is 9.21 Å². The molecule has 2 heterocycles. The Balaban J connectivity index is 2.26. The van der Waals surface area contributed by atoms with E-state index in [1.165, 1.54) is 13.1 Å². The maximum absolute atomic E-state index is 12.3. The summed E-state index contributed by atoms with van der Waals surface area (Å²) in [5.74, 6) is -0.196. The summed E-state index contributed by atoms with van der Waals surface area (Å²) in [7, 11) is -3.67. The molecule has 8 heteroatoms. The molecule has 0 bridgehead atoms. The lowest BCUT2D eigenvalue weighted by Gasteiger charge is -2.29. The van der Waals surface area contributed by atoms with Gasteiger partial charge in [0, 0.05) is 25.8 Å². The van der Waals surface area contributed by atoms with Crippen molar-refractivity contribution >= 4 is 21.8 Å². The van der Waals surface area contributed by atoms with Gasteiger partial charge in [0.25, 0.3) is 5.91 Å². The van der Waals surface area contributed by atoms with Crippen molar-refractivity contribution in [2.45, 2.75) is 13.8 Å². The van der Waals surface area contributed by atoms with Crippen LogP contribution in [0.5, 0.6) is 0 Å². The second-order valence-electron chi connectivity index (χ2n) is 4.31. The van der Waals surface area contributed by atoms with Crippen LogP contribution in [0, 0.1) is 0 Å². The highest BCUT2D eigenvalue weighted by Gasteiger charge is 2.29. The fraction of sp³-hybridized carbons (Fsp3) is 0.636. The minimum atomic E-state index is -3.67. The summed E-state index contributed by atoms with van der Waals surface area (Å²) in [6, 6.07) is 0. The number of ether oxygens (including phenoxy) is 1. The molecule has 0 aliphatic carbocycles. The van der Waals surface area contributed by atoms with Gasteiger partial charge in [-0.25, -0.2) is 0 Å². The lowest BCUT2D eigenvalue weighted by Crippen LogP contribution is -2.43. The molecule has 1 saturated heterocycles. The molecule has 0 aromatic carbocycles. The van der Waals surface area contributed by atoms with E-state index in [4.69, 9.17) is 4.74 Å². The van der Waals surface area contributed by atoms with Crippen LogP contribution in [-0.4, -0.2) is 62.1 Å². The Morgan fingerprint density at radius 2 is 2.05 bits per heavy atom. The number of hydrogen-bond acceptors (Lipinski definition) is 4. The molecule has 0 unspecified atom stereocenters. The Hall–Kier alpha value is -1.41. The van der Waals surface area contributed by atoms with Crippen LogP contribution < -0.4 is 0 Å². The van der Waals surface area contributed by atoms with E-state index in [1.54, 1.807) is 11.8 Å². The molecule has 0 saturated carbocycles. The van der Waals surface area contributed by atoms with E-state index in [1.807, 2.05) is 0 Å². The van der Waals surface area contributed by atoms with Gasteiger partial charge in [0.15, 0.2) is 0 Å². The summed E-state index contributed by atoms with van der Waals surface area (Å²) in [5, 5.41) is 0. The first kappa shape index (κ1) is 14.0. The van der Waals surface area contributed by atoms with E-state index >= 15 is 0 Å². The molecule has 19 heavy (non-hydrogen) atoms. The first-order chi connectivity index (χ1) is 8.95. The molecular weight excluding hydrogens is 270 g/mol. The van der Waals surface area contributed by atoms with Crippen molar-refractivity contribution < 1.29 is 17.9 Å². The molecule has 0 aromatic heterocycles. The molecule has 0 spiro atoms. The van der Waals surface area contributed by atoms with Gasteiger partial charge in [-0.2, -0.15) is 8.42 Å². The average molecular weight is 287 g/mol. The van der Waals surface area contributed by atoms with Gasteiger partial charge in [0.05, 0.1) is 24.5 Å². The van der Waals surface area contributed by atoms with Gasteiger partial charge in [-0.3, -0.25) is 9.10 Å². The third-order valence-electron chi connectivity index (χ3n) is 3.05. The molecule has 0 radical (unpaired) electrons. The topological polar surface area (TPSA) is 79.3 Å². The number of rotatable bonds is 2. The average Bonchev–Trinajstić information content (AvgIpc) is 2.38. The Morgan fingerprint density at radius 3 is 2.63 bits per heavy atom. The van der Waals surface area contributed by atoms with Crippen LogP contribution in [0.1, 0.15) is 13.8 Å². The largest absolute Gasteiger partial charge is 0.378 e. The predicted octanol–water partition coefficient (Wildman–Crippen LogP) is -0.230. The van der Waals surface area contributed by atoms with Gasteiger partial charge in [0.2, 0.25) is 0 Å². The SMILES string of the molecule is CCN1C=C(C(=O)N2CCOCC2)C(C)=NS1(=O)=O. The third-order valence-corrected chi connectivity index (χ3v) is 4.51. The Labute approximate surface area is 112 Å². The maximum atomic E-state index is 12.3. The van der Waals surface area contributed by atoms with Crippen LogP contribution in [0.2, 0.25) is 0 Å². The highest BCUT2D eigenvalue weighted by molar-refractivity contribution is 7.88. The van der Waals surface area contributed by atoms with E-state index in [9.17, 15) is 13.2 Å².